The number of aliphatic imine (C=N–C) groups is 1. The van der Waals surface area contributed by atoms with Gasteiger partial charge in [-0.1, -0.05) is 6.07 Å². The van der Waals surface area contributed by atoms with Crippen molar-refractivity contribution in [3.8, 4) is 11.6 Å². The molecule has 170 valence electrons. The topological polar surface area (TPSA) is 120 Å². The average molecular weight is 465 g/mol. The lowest BCUT2D eigenvalue weighted by Crippen LogP contribution is -2.50. The molecule has 2 aromatic rings. The fourth-order valence-electron chi connectivity index (χ4n) is 3.45. The molecular formula is C20H21F2N5O4S. The van der Waals surface area contributed by atoms with E-state index >= 15 is 0 Å². The summed E-state index contributed by atoms with van der Waals surface area (Å²) in [6.07, 6.45) is 2.26. The van der Waals surface area contributed by atoms with E-state index in [0.717, 1.165) is 16.4 Å². The second-order valence-electron chi connectivity index (χ2n) is 7.80. The number of sulfonamides is 1. The molecule has 0 radical (unpaired) electrons. The van der Waals surface area contributed by atoms with E-state index in [1.807, 2.05) is 6.92 Å². The summed E-state index contributed by atoms with van der Waals surface area (Å²) in [6.45, 7) is 3.55. The molecule has 2 N–H and O–H groups in total. The fraction of sp³-hybridized carbons (Fsp3) is 0.350. The van der Waals surface area contributed by atoms with Crippen molar-refractivity contribution in [1.29, 1.82) is 0 Å². The smallest absolute Gasteiger partial charge is 0.260 e. The van der Waals surface area contributed by atoms with Crippen LogP contribution in [0.1, 0.15) is 30.8 Å². The van der Waals surface area contributed by atoms with Crippen molar-refractivity contribution in [2.45, 2.75) is 25.5 Å². The summed E-state index contributed by atoms with van der Waals surface area (Å²) in [6, 6.07) is 3.78. The Hall–Kier alpha value is -3.28. The molecule has 32 heavy (non-hydrogen) atoms. The lowest BCUT2D eigenvalue weighted by molar-refractivity contribution is 0.0978. The van der Waals surface area contributed by atoms with Crippen LogP contribution in [-0.4, -0.2) is 54.2 Å². The molecule has 1 aromatic heterocycles. The number of benzene rings is 1. The zero-order valence-electron chi connectivity index (χ0n) is 17.5. The van der Waals surface area contributed by atoms with E-state index in [1.54, 1.807) is 0 Å². The molecule has 2 unspecified atom stereocenters. The highest BCUT2D eigenvalue weighted by molar-refractivity contribution is 7.89. The summed E-state index contributed by atoms with van der Waals surface area (Å²) in [5.74, 6) is -2.02. The third-order valence-electron chi connectivity index (χ3n) is 5.15. The Balaban J connectivity index is 1.70. The van der Waals surface area contributed by atoms with Gasteiger partial charge in [0.05, 0.1) is 11.9 Å². The summed E-state index contributed by atoms with van der Waals surface area (Å²) in [7, 11) is -2.53. The van der Waals surface area contributed by atoms with E-state index in [-0.39, 0.29) is 41.5 Å². The minimum atomic E-state index is -3.80. The first-order valence-electron chi connectivity index (χ1n) is 9.64. The van der Waals surface area contributed by atoms with Gasteiger partial charge >= 0.3 is 0 Å². The van der Waals surface area contributed by atoms with E-state index in [1.165, 1.54) is 32.3 Å². The molecule has 1 aromatic carbocycles. The molecule has 2 aliphatic heterocycles. The quantitative estimate of drug-likeness (QED) is 0.737. The van der Waals surface area contributed by atoms with Crippen LogP contribution in [0.4, 0.5) is 8.78 Å². The number of rotatable bonds is 3. The number of aromatic nitrogens is 2. The highest BCUT2D eigenvalue weighted by atomic mass is 32.2. The molecule has 2 aliphatic rings. The first-order chi connectivity index (χ1) is 15.0. The molecule has 0 spiro atoms. The number of hydrogen-bond donors (Lipinski definition) is 1. The molecule has 3 heterocycles. The van der Waals surface area contributed by atoms with E-state index in [9.17, 15) is 17.2 Å². The maximum Gasteiger partial charge on any atom is 0.260 e. The van der Waals surface area contributed by atoms with E-state index < -0.39 is 33.0 Å². The van der Waals surface area contributed by atoms with E-state index in [0.29, 0.717) is 5.75 Å². The molecule has 0 aliphatic carbocycles. The van der Waals surface area contributed by atoms with Crippen LogP contribution in [-0.2, 0) is 15.6 Å². The van der Waals surface area contributed by atoms with Crippen molar-refractivity contribution in [1.82, 2.24) is 14.3 Å². The summed E-state index contributed by atoms with van der Waals surface area (Å²) < 4.78 is 66.2. The van der Waals surface area contributed by atoms with Gasteiger partial charge in [-0.3, -0.25) is 0 Å². The second kappa shape index (κ2) is 7.69. The number of nitrogens with two attached hydrogens (primary N) is 1. The van der Waals surface area contributed by atoms with Crippen molar-refractivity contribution in [3.05, 3.63) is 47.2 Å². The van der Waals surface area contributed by atoms with Crippen molar-refractivity contribution in [2.75, 3.05) is 19.4 Å². The van der Waals surface area contributed by atoms with Gasteiger partial charge in [0.1, 0.15) is 24.1 Å². The van der Waals surface area contributed by atoms with Crippen LogP contribution in [0, 0.1) is 5.82 Å². The molecule has 0 bridgehead atoms. The van der Waals surface area contributed by atoms with Gasteiger partial charge in [0.2, 0.25) is 16.0 Å². The van der Waals surface area contributed by atoms with Gasteiger partial charge in [-0.2, -0.15) is 4.98 Å². The molecule has 12 heteroatoms. The Bertz CT molecular complexity index is 1250. The largest absolute Gasteiger partial charge is 0.480 e. The lowest BCUT2D eigenvalue weighted by Gasteiger charge is -2.34. The number of hydrogen-bond acceptors (Lipinski definition) is 8. The predicted molar refractivity (Wildman–Crippen MR) is 114 cm³/mol. The lowest BCUT2D eigenvalue weighted by atomic mass is 9.92. The van der Waals surface area contributed by atoms with Crippen molar-refractivity contribution in [3.63, 3.8) is 0 Å². The number of nitrogens with zero attached hydrogens (tertiary/aromatic N) is 4. The molecule has 2 atom stereocenters. The Morgan fingerprint density at radius 2 is 2.16 bits per heavy atom. The minimum Gasteiger partial charge on any atom is -0.480 e. The Morgan fingerprint density at radius 1 is 1.41 bits per heavy atom. The zero-order chi connectivity index (χ0) is 23.3. The van der Waals surface area contributed by atoms with Crippen molar-refractivity contribution < 1.29 is 26.7 Å². The molecule has 0 saturated heterocycles. The first kappa shape index (κ1) is 21.9. The summed E-state index contributed by atoms with van der Waals surface area (Å²) >= 11 is 0. The molecule has 4 rings (SSSR count). The predicted octanol–water partition coefficient (Wildman–Crippen LogP) is 2.05. The van der Waals surface area contributed by atoms with Gasteiger partial charge in [-0.15, -0.1) is 0 Å². The van der Waals surface area contributed by atoms with Gasteiger partial charge < -0.3 is 15.2 Å². The number of guanidine groups is 1. The van der Waals surface area contributed by atoms with Gasteiger partial charge in [-0.05, 0) is 37.6 Å². The van der Waals surface area contributed by atoms with Crippen LogP contribution in [0.5, 0.6) is 11.6 Å². The number of halogens is 2. The monoisotopic (exact) mass is 465 g/mol. The normalized spacial score (nSPS) is 24.8. The molecule has 0 saturated carbocycles. The van der Waals surface area contributed by atoms with Crippen LogP contribution in [0.3, 0.4) is 0 Å². The molecular weight excluding hydrogens is 444 g/mol. The Labute approximate surface area is 183 Å². The van der Waals surface area contributed by atoms with Crippen LogP contribution in [0.2, 0.25) is 0 Å². The number of ether oxygens (including phenoxy) is 2. The van der Waals surface area contributed by atoms with Gasteiger partial charge in [0.25, 0.3) is 5.88 Å². The SMILES string of the molecule is CC1COc2nc(/C(F)=C/c3ccc(F)c(C4(C)CS(=O)(=O)N(C)C(N)=N4)c3)ncc2O1. The molecule has 0 amide bonds. The maximum absolute atomic E-state index is 14.9. The summed E-state index contributed by atoms with van der Waals surface area (Å²) in [5.41, 5.74) is 4.49. The highest BCUT2D eigenvalue weighted by Crippen LogP contribution is 2.35. The minimum absolute atomic E-state index is 0.0317. The first-order valence-corrected chi connectivity index (χ1v) is 11.3. The van der Waals surface area contributed by atoms with E-state index in [4.69, 9.17) is 15.2 Å². The second-order valence-corrected chi connectivity index (χ2v) is 9.80. The van der Waals surface area contributed by atoms with Crippen LogP contribution < -0.4 is 15.2 Å². The van der Waals surface area contributed by atoms with Crippen molar-refractivity contribution in [2.24, 2.45) is 10.7 Å². The standard InChI is InChI=1S/C20H21F2N5O4S/c1-11-9-30-18-16(31-11)8-24-17(25-18)15(22)7-12-4-5-14(21)13(6-12)20(2)10-32(28,29)27(3)19(23)26-20/h4-8,11H,9-10H2,1-3H3,(H2,23,26)/b15-7-. The highest BCUT2D eigenvalue weighted by Gasteiger charge is 2.41. The van der Waals surface area contributed by atoms with Crippen LogP contribution >= 0.6 is 0 Å². The van der Waals surface area contributed by atoms with Gasteiger partial charge in [0.15, 0.2) is 17.4 Å². The van der Waals surface area contributed by atoms with E-state index in [2.05, 4.69) is 15.0 Å². The average Bonchev–Trinajstić information content (AvgIpc) is 2.72. The Morgan fingerprint density at radius 3 is 2.88 bits per heavy atom. The van der Waals surface area contributed by atoms with Crippen LogP contribution in [0.25, 0.3) is 11.9 Å². The van der Waals surface area contributed by atoms with Gasteiger partial charge in [-0.25, -0.2) is 31.5 Å². The summed E-state index contributed by atoms with van der Waals surface area (Å²) in [5, 5.41) is 0. The maximum atomic E-state index is 14.9. The molecule has 0 fully saturated rings. The fourth-order valence-corrected chi connectivity index (χ4v) is 4.90. The zero-order valence-corrected chi connectivity index (χ0v) is 18.4. The van der Waals surface area contributed by atoms with Crippen LogP contribution in [0.15, 0.2) is 29.4 Å². The Kier molecular flexibility index (Phi) is 5.27. The summed E-state index contributed by atoms with van der Waals surface area (Å²) in [4.78, 5) is 12.2. The molecule has 9 nitrogen and oxygen atoms in total. The third-order valence-corrected chi connectivity index (χ3v) is 7.10. The van der Waals surface area contributed by atoms with Crippen molar-refractivity contribution >= 4 is 27.9 Å². The number of fused-ring (bicyclic) bond motifs is 1. The van der Waals surface area contributed by atoms with Gasteiger partial charge in [0, 0.05) is 12.6 Å². The third kappa shape index (κ3) is 3.97.